The number of aromatic hydroxyl groups is 1. The van der Waals surface area contributed by atoms with Gasteiger partial charge in [0.25, 0.3) is 5.69 Å². The van der Waals surface area contributed by atoms with Crippen LogP contribution in [0.25, 0.3) is 0 Å². The number of phenolic OH excluding ortho intramolecular Hbond substituents is 1. The number of nitro benzene ring substituents is 1. The van der Waals surface area contributed by atoms with Crippen LogP contribution >= 0.6 is 0 Å². The van der Waals surface area contributed by atoms with Crippen LogP contribution in [0.4, 0.5) is 5.69 Å². The maximum Gasteiger partial charge on any atom is 0.269 e. The Labute approximate surface area is 109 Å². The lowest BCUT2D eigenvalue weighted by Gasteiger charge is -1.95. The topological polar surface area (TPSA) is 97.7 Å². The van der Waals surface area contributed by atoms with E-state index in [0.717, 1.165) is 26.4 Å². The number of hydrogen-bond donors (Lipinski definition) is 1. The lowest BCUT2D eigenvalue weighted by molar-refractivity contribution is -0.384. The molecule has 0 amide bonds. The molecule has 1 aromatic carbocycles. The average Bonchev–Trinajstić information content (AvgIpc) is 3.25. The third kappa shape index (κ3) is 5.64. The van der Waals surface area contributed by atoms with Crippen molar-refractivity contribution in [3.63, 3.8) is 0 Å². The van der Waals surface area contributed by atoms with Crippen LogP contribution in [0.3, 0.4) is 0 Å². The van der Waals surface area contributed by atoms with E-state index in [0.29, 0.717) is 12.2 Å². The summed E-state index contributed by atoms with van der Waals surface area (Å²) in [5.41, 5.74) is -0.0159. The van der Waals surface area contributed by atoms with E-state index in [4.69, 9.17) is 19.3 Å². The molecule has 2 aliphatic heterocycles. The fraction of sp³-hybridized carbons (Fsp3) is 0.500. The van der Waals surface area contributed by atoms with Crippen molar-refractivity contribution < 1.29 is 24.2 Å². The molecule has 2 saturated heterocycles. The molecule has 1 aromatic rings. The van der Waals surface area contributed by atoms with Gasteiger partial charge in [0.1, 0.15) is 18.0 Å². The van der Waals surface area contributed by atoms with Crippen LogP contribution in [0.1, 0.15) is 0 Å². The summed E-state index contributed by atoms with van der Waals surface area (Å²) in [6, 6.07) is 5.04. The molecule has 0 spiro atoms. The zero-order valence-electron chi connectivity index (χ0n) is 10.2. The minimum atomic E-state index is -0.514. The molecule has 0 aromatic heterocycles. The molecule has 7 heteroatoms. The Hall–Kier alpha value is -1.70. The molecule has 19 heavy (non-hydrogen) atoms. The highest BCUT2D eigenvalue weighted by Crippen LogP contribution is 2.15. The number of rotatable bonds is 5. The van der Waals surface area contributed by atoms with E-state index in [9.17, 15) is 10.1 Å². The molecule has 2 aliphatic rings. The van der Waals surface area contributed by atoms with Crippen molar-refractivity contribution in [3.05, 3.63) is 34.4 Å². The van der Waals surface area contributed by atoms with Gasteiger partial charge in [-0.3, -0.25) is 10.1 Å². The van der Waals surface area contributed by atoms with Crippen LogP contribution in [0.15, 0.2) is 24.3 Å². The summed E-state index contributed by atoms with van der Waals surface area (Å²) >= 11 is 0. The first-order chi connectivity index (χ1) is 9.15. The van der Waals surface area contributed by atoms with Crippen LogP contribution in [0.2, 0.25) is 0 Å². The summed E-state index contributed by atoms with van der Waals surface area (Å²) in [6.45, 7) is 3.26. The molecular weight excluding hydrogens is 254 g/mol. The molecule has 7 nitrogen and oxygen atoms in total. The van der Waals surface area contributed by atoms with E-state index >= 15 is 0 Å². The summed E-state index contributed by atoms with van der Waals surface area (Å²) in [6.07, 6.45) is 0.785. The van der Waals surface area contributed by atoms with Crippen molar-refractivity contribution >= 4 is 5.69 Å². The minimum Gasteiger partial charge on any atom is -0.508 e. The van der Waals surface area contributed by atoms with Gasteiger partial charge in [-0.1, -0.05) is 0 Å². The van der Waals surface area contributed by atoms with Gasteiger partial charge in [-0.2, -0.15) is 0 Å². The number of ether oxygens (including phenoxy) is 3. The van der Waals surface area contributed by atoms with E-state index in [1.54, 1.807) is 0 Å². The molecular formula is C12H15NO6. The van der Waals surface area contributed by atoms with Crippen LogP contribution in [0, 0.1) is 10.1 Å². The number of epoxide rings is 2. The maximum absolute atomic E-state index is 10.0. The summed E-state index contributed by atoms with van der Waals surface area (Å²) in [4.78, 5) is 9.52. The standard InChI is InChI=1S/C6H5NO3.C6H10O3/c8-6-3-1-5(2-4-6)7(9)10;1(5-3-8-5)7-2-6-4-9-6/h1-4,8H;5-6H,1-4H2. The Balaban J connectivity index is 0.000000141. The Kier molecular flexibility index (Phi) is 4.67. The molecule has 2 fully saturated rings. The van der Waals surface area contributed by atoms with Crippen LogP contribution in [-0.4, -0.2) is 48.7 Å². The normalized spacial score (nSPS) is 23.2. The van der Waals surface area contributed by atoms with Gasteiger partial charge < -0.3 is 19.3 Å². The van der Waals surface area contributed by atoms with E-state index in [-0.39, 0.29) is 11.4 Å². The van der Waals surface area contributed by atoms with Gasteiger partial charge in [-0.15, -0.1) is 0 Å². The molecule has 3 rings (SSSR count). The summed E-state index contributed by atoms with van der Waals surface area (Å²) in [7, 11) is 0. The smallest absolute Gasteiger partial charge is 0.269 e. The first-order valence-corrected chi connectivity index (χ1v) is 5.89. The van der Waals surface area contributed by atoms with Crippen molar-refractivity contribution in [2.75, 3.05) is 26.4 Å². The predicted octanol–water partition coefficient (Wildman–Crippen LogP) is 1.10. The number of phenols is 1. The van der Waals surface area contributed by atoms with Gasteiger partial charge in [0.2, 0.25) is 0 Å². The van der Waals surface area contributed by atoms with E-state index < -0.39 is 4.92 Å². The van der Waals surface area contributed by atoms with Crippen molar-refractivity contribution in [1.82, 2.24) is 0 Å². The Bertz CT molecular complexity index is 401. The second kappa shape index (κ2) is 6.46. The first-order valence-electron chi connectivity index (χ1n) is 5.89. The summed E-state index contributed by atoms with van der Waals surface area (Å²) < 4.78 is 15.1. The fourth-order valence-electron chi connectivity index (χ4n) is 1.23. The van der Waals surface area contributed by atoms with E-state index in [2.05, 4.69) is 0 Å². The van der Waals surface area contributed by atoms with Crippen LogP contribution < -0.4 is 0 Å². The van der Waals surface area contributed by atoms with Gasteiger partial charge >= 0.3 is 0 Å². The second-order valence-electron chi connectivity index (χ2n) is 4.22. The molecule has 0 aliphatic carbocycles. The molecule has 0 radical (unpaired) electrons. The average molecular weight is 269 g/mol. The Morgan fingerprint density at radius 1 is 1.21 bits per heavy atom. The SMILES string of the molecule is C(OCC1CO1)C1CO1.O=[N+]([O-])c1ccc(O)cc1. The largest absolute Gasteiger partial charge is 0.508 e. The monoisotopic (exact) mass is 269 g/mol. The predicted molar refractivity (Wildman–Crippen MR) is 65.1 cm³/mol. The molecule has 0 bridgehead atoms. The summed E-state index contributed by atoms with van der Waals surface area (Å²) in [5, 5.41) is 18.8. The third-order valence-corrected chi connectivity index (χ3v) is 2.47. The molecule has 2 atom stereocenters. The number of non-ortho nitro benzene ring substituents is 1. The van der Waals surface area contributed by atoms with Crippen LogP contribution in [0.5, 0.6) is 5.75 Å². The lowest BCUT2D eigenvalue weighted by Crippen LogP contribution is -2.06. The Morgan fingerprint density at radius 3 is 2.05 bits per heavy atom. The number of nitro groups is 1. The van der Waals surface area contributed by atoms with Crippen LogP contribution in [-0.2, 0) is 14.2 Å². The van der Waals surface area contributed by atoms with Crippen molar-refractivity contribution in [2.24, 2.45) is 0 Å². The van der Waals surface area contributed by atoms with Crippen molar-refractivity contribution in [1.29, 1.82) is 0 Å². The second-order valence-corrected chi connectivity index (χ2v) is 4.22. The summed E-state index contributed by atoms with van der Waals surface area (Å²) in [5.74, 6) is 0.0330. The van der Waals surface area contributed by atoms with Crippen molar-refractivity contribution in [2.45, 2.75) is 12.2 Å². The lowest BCUT2D eigenvalue weighted by atomic mass is 10.3. The van der Waals surface area contributed by atoms with Gasteiger partial charge in [0.05, 0.1) is 31.4 Å². The number of nitrogens with zero attached hydrogens (tertiary/aromatic N) is 1. The van der Waals surface area contributed by atoms with Gasteiger partial charge in [0, 0.05) is 12.1 Å². The molecule has 104 valence electrons. The minimum absolute atomic E-state index is 0.0159. The molecule has 0 saturated carbocycles. The van der Waals surface area contributed by atoms with Crippen molar-refractivity contribution in [3.8, 4) is 5.75 Å². The van der Waals surface area contributed by atoms with E-state index in [1.807, 2.05) is 0 Å². The zero-order chi connectivity index (χ0) is 13.7. The maximum atomic E-state index is 10.0. The highest BCUT2D eigenvalue weighted by Gasteiger charge is 2.26. The first kappa shape index (κ1) is 13.7. The zero-order valence-corrected chi connectivity index (χ0v) is 10.2. The quantitative estimate of drug-likeness (QED) is 0.488. The number of hydrogen-bond acceptors (Lipinski definition) is 6. The molecule has 2 heterocycles. The highest BCUT2D eigenvalue weighted by atomic mass is 16.6. The van der Waals surface area contributed by atoms with Gasteiger partial charge in [0.15, 0.2) is 0 Å². The molecule has 2 unspecified atom stereocenters. The number of benzene rings is 1. The van der Waals surface area contributed by atoms with Gasteiger partial charge in [-0.05, 0) is 12.1 Å². The molecule has 1 N–H and O–H groups in total. The fourth-order valence-corrected chi connectivity index (χ4v) is 1.23. The van der Waals surface area contributed by atoms with Gasteiger partial charge in [-0.25, -0.2) is 0 Å². The Morgan fingerprint density at radius 2 is 1.68 bits per heavy atom. The van der Waals surface area contributed by atoms with E-state index in [1.165, 1.54) is 24.3 Å². The third-order valence-electron chi connectivity index (χ3n) is 2.47. The highest BCUT2D eigenvalue weighted by molar-refractivity contribution is 5.34.